The Morgan fingerprint density at radius 1 is 1.73 bits per heavy atom. The van der Waals surface area contributed by atoms with Crippen LogP contribution in [0.5, 0.6) is 0 Å². The van der Waals surface area contributed by atoms with Crippen LogP contribution >= 0.6 is 23.1 Å². The Bertz CT molecular complexity index is 376. The summed E-state index contributed by atoms with van der Waals surface area (Å²) in [6.07, 6.45) is 4.82. The van der Waals surface area contributed by atoms with Crippen LogP contribution in [0.1, 0.15) is 17.4 Å². The lowest BCUT2D eigenvalue weighted by Gasteiger charge is -2.00. The predicted octanol–water partition coefficient (Wildman–Crippen LogP) is 2.60. The standard InChI is InChI=1S/C10H13N3S2/c1-3-8-4-5-15-9(8)6-12-10(14-2)13-7-11/h4-5H,3,6H2,1-2H3,(H,12,13). The Morgan fingerprint density at radius 2 is 2.53 bits per heavy atom. The molecule has 0 atom stereocenters. The minimum Gasteiger partial charge on any atom is -0.272 e. The summed E-state index contributed by atoms with van der Waals surface area (Å²) in [4.78, 5) is 5.62. The van der Waals surface area contributed by atoms with Crippen molar-refractivity contribution < 1.29 is 0 Å². The van der Waals surface area contributed by atoms with E-state index < -0.39 is 0 Å². The van der Waals surface area contributed by atoms with Crippen LogP contribution in [-0.4, -0.2) is 11.4 Å². The van der Waals surface area contributed by atoms with Gasteiger partial charge >= 0.3 is 0 Å². The predicted molar refractivity (Wildman–Crippen MR) is 67.1 cm³/mol. The molecule has 15 heavy (non-hydrogen) atoms. The number of aryl methyl sites for hydroxylation is 1. The zero-order chi connectivity index (χ0) is 11.1. The third-order valence-electron chi connectivity index (χ3n) is 1.94. The molecule has 0 aliphatic carbocycles. The highest BCUT2D eigenvalue weighted by Gasteiger charge is 2.02. The molecule has 1 N–H and O–H groups in total. The van der Waals surface area contributed by atoms with E-state index in [1.165, 1.54) is 22.2 Å². The van der Waals surface area contributed by atoms with Crippen LogP contribution < -0.4 is 5.32 Å². The number of hydrogen-bond donors (Lipinski definition) is 1. The van der Waals surface area contributed by atoms with Crippen LogP contribution in [0.4, 0.5) is 0 Å². The summed E-state index contributed by atoms with van der Waals surface area (Å²) < 4.78 is 0. The maximum absolute atomic E-state index is 8.47. The van der Waals surface area contributed by atoms with Crippen LogP contribution in [0.15, 0.2) is 16.4 Å². The summed E-state index contributed by atoms with van der Waals surface area (Å²) in [5.74, 6) is 0. The second-order valence-electron chi connectivity index (χ2n) is 2.78. The van der Waals surface area contributed by atoms with Gasteiger partial charge in [0.1, 0.15) is 0 Å². The monoisotopic (exact) mass is 239 g/mol. The lowest BCUT2D eigenvalue weighted by atomic mass is 10.2. The van der Waals surface area contributed by atoms with Gasteiger partial charge in [-0.1, -0.05) is 18.7 Å². The summed E-state index contributed by atoms with van der Waals surface area (Å²) in [7, 11) is 0. The highest BCUT2D eigenvalue weighted by atomic mass is 32.2. The van der Waals surface area contributed by atoms with E-state index in [1.54, 1.807) is 11.3 Å². The SMILES string of the molecule is CCc1ccsc1CN=C(NC#N)SC. The number of nitriles is 1. The third-order valence-corrected chi connectivity index (χ3v) is 3.51. The lowest BCUT2D eigenvalue weighted by Crippen LogP contribution is -2.13. The van der Waals surface area contributed by atoms with E-state index >= 15 is 0 Å². The summed E-state index contributed by atoms with van der Waals surface area (Å²) in [6, 6.07) is 2.13. The summed E-state index contributed by atoms with van der Waals surface area (Å²) >= 11 is 3.17. The molecular weight excluding hydrogens is 226 g/mol. The van der Waals surface area contributed by atoms with Crippen molar-refractivity contribution in [2.75, 3.05) is 6.26 Å². The van der Waals surface area contributed by atoms with Gasteiger partial charge in [-0.2, -0.15) is 5.26 Å². The van der Waals surface area contributed by atoms with E-state index in [-0.39, 0.29) is 0 Å². The molecule has 0 aromatic carbocycles. The highest BCUT2D eigenvalue weighted by molar-refractivity contribution is 8.13. The molecule has 0 aliphatic heterocycles. The van der Waals surface area contributed by atoms with Gasteiger partial charge in [0.25, 0.3) is 0 Å². The molecule has 0 unspecified atom stereocenters. The average Bonchev–Trinajstić information content (AvgIpc) is 2.71. The van der Waals surface area contributed by atoms with Gasteiger partial charge in [0, 0.05) is 4.88 Å². The van der Waals surface area contributed by atoms with Gasteiger partial charge in [-0.15, -0.1) is 11.3 Å². The number of nitrogens with one attached hydrogen (secondary N) is 1. The van der Waals surface area contributed by atoms with Crippen molar-refractivity contribution >= 4 is 28.3 Å². The molecule has 3 nitrogen and oxygen atoms in total. The molecule has 0 spiro atoms. The number of aliphatic imine (C=N–C) groups is 1. The summed E-state index contributed by atoms with van der Waals surface area (Å²) in [6.45, 7) is 2.80. The molecule has 0 saturated heterocycles. The van der Waals surface area contributed by atoms with Gasteiger partial charge in [0.05, 0.1) is 6.54 Å². The highest BCUT2D eigenvalue weighted by Crippen LogP contribution is 2.18. The Labute approximate surface area is 98.2 Å². The van der Waals surface area contributed by atoms with E-state index in [1.807, 2.05) is 12.4 Å². The van der Waals surface area contributed by atoms with Crippen LogP contribution in [-0.2, 0) is 13.0 Å². The van der Waals surface area contributed by atoms with Gasteiger partial charge < -0.3 is 0 Å². The smallest absolute Gasteiger partial charge is 0.183 e. The van der Waals surface area contributed by atoms with Crippen molar-refractivity contribution in [2.24, 2.45) is 4.99 Å². The topological polar surface area (TPSA) is 48.2 Å². The molecule has 1 rings (SSSR count). The number of hydrogen-bond acceptors (Lipinski definition) is 4. The molecular formula is C10H13N3S2. The maximum atomic E-state index is 8.47. The first-order valence-electron chi connectivity index (χ1n) is 4.60. The van der Waals surface area contributed by atoms with Crippen molar-refractivity contribution in [3.63, 3.8) is 0 Å². The van der Waals surface area contributed by atoms with Gasteiger partial charge in [-0.05, 0) is 29.7 Å². The molecule has 1 aromatic heterocycles. The van der Waals surface area contributed by atoms with Crippen LogP contribution in [0.3, 0.4) is 0 Å². The second-order valence-corrected chi connectivity index (χ2v) is 4.58. The van der Waals surface area contributed by atoms with E-state index in [0.29, 0.717) is 11.7 Å². The number of thioether (sulfide) groups is 1. The van der Waals surface area contributed by atoms with Crippen molar-refractivity contribution in [1.29, 1.82) is 5.26 Å². The number of nitrogens with zero attached hydrogens (tertiary/aromatic N) is 2. The van der Waals surface area contributed by atoms with E-state index in [4.69, 9.17) is 5.26 Å². The van der Waals surface area contributed by atoms with Crippen LogP contribution in [0.25, 0.3) is 0 Å². The Morgan fingerprint density at radius 3 is 3.13 bits per heavy atom. The van der Waals surface area contributed by atoms with E-state index in [9.17, 15) is 0 Å². The fourth-order valence-electron chi connectivity index (χ4n) is 1.17. The van der Waals surface area contributed by atoms with Gasteiger partial charge in [-0.3, -0.25) is 10.3 Å². The van der Waals surface area contributed by atoms with Crippen LogP contribution in [0.2, 0.25) is 0 Å². The number of rotatable bonds is 3. The zero-order valence-corrected chi connectivity index (χ0v) is 10.4. The minimum atomic E-state index is 0.658. The van der Waals surface area contributed by atoms with Gasteiger partial charge in [0.15, 0.2) is 11.4 Å². The maximum Gasteiger partial charge on any atom is 0.183 e. The number of amidine groups is 1. The number of thiophene rings is 1. The fraction of sp³-hybridized carbons (Fsp3) is 0.400. The molecule has 0 saturated carbocycles. The first-order chi connectivity index (χ1) is 7.31. The minimum absolute atomic E-state index is 0.658. The van der Waals surface area contributed by atoms with E-state index in [2.05, 4.69) is 28.7 Å². The average molecular weight is 239 g/mol. The molecule has 5 heteroatoms. The van der Waals surface area contributed by atoms with Gasteiger partial charge in [-0.25, -0.2) is 0 Å². The molecule has 0 radical (unpaired) electrons. The molecule has 0 fully saturated rings. The molecule has 1 heterocycles. The molecule has 0 aliphatic rings. The Kier molecular flexibility index (Phi) is 5.22. The molecule has 1 aromatic rings. The Balaban J connectivity index is 2.66. The van der Waals surface area contributed by atoms with Crippen LogP contribution in [0, 0.1) is 11.5 Å². The van der Waals surface area contributed by atoms with Crippen molar-refractivity contribution in [2.45, 2.75) is 19.9 Å². The lowest BCUT2D eigenvalue weighted by molar-refractivity contribution is 1.03. The first-order valence-corrected chi connectivity index (χ1v) is 6.71. The fourth-order valence-corrected chi connectivity index (χ4v) is 2.41. The van der Waals surface area contributed by atoms with Crippen molar-refractivity contribution in [3.8, 4) is 6.19 Å². The van der Waals surface area contributed by atoms with Crippen molar-refractivity contribution in [1.82, 2.24) is 5.32 Å². The quantitative estimate of drug-likeness (QED) is 0.382. The Hall–Kier alpha value is -0.990. The summed E-state index contributed by atoms with van der Waals surface area (Å²) in [5, 5.41) is 13.8. The third kappa shape index (κ3) is 3.57. The normalized spacial score (nSPS) is 11.1. The van der Waals surface area contributed by atoms with Gasteiger partial charge in [0.2, 0.25) is 0 Å². The first kappa shape index (κ1) is 12.1. The summed E-state index contributed by atoms with van der Waals surface area (Å²) in [5.41, 5.74) is 1.35. The van der Waals surface area contributed by atoms with Crippen molar-refractivity contribution in [3.05, 3.63) is 21.9 Å². The van der Waals surface area contributed by atoms with E-state index in [0.717, 1.165) is 6.42 Å². The molecule has 80 valence electrons. The second kappa shape index (κ2) is 6.49. The largest absolute Gasteiger partial charge is 0.272 e. The zero-order valence-electron chi connectivity index (χ0n) is 8.78. The molecule has 0 amide bonds. The molecule has 0 bridgehead atoms.